The van der Waals surface area contributed by atoms with Crippen LogP contribution in [0.2, 0.25) is 0 Å². The Labute approximate surface area is 128 Å². The lowest BCUT2D eigenvalue weighted by molar-refractivity contribution is 0.102. The summed E-state index contributed by atoms with van der Waals surface area (Å²) in [4.78, 5) is 13.4. The SMILES string of the molecule is CCc1c(C)sc(NC(=O)c2cccc(OC)c2)c1C#N. The Balaban J connectivity index is 2.30. The number of aryl methyl sites for hydroxylation is 1. The first-order valence-corrected chi connectivity index (χ1v) is 7.40. The Hall–Kier alpha value is -2.32. The predicted molar refractivity (Wildman–Crippen MR) is 84.1 cm³/mol. The van der Waals surface area contributed by atoms with Gasteiger partial charge < -0.3 is 10.1 Å². The van der Waals surface area contributed by atoms with Gasteiger partial charge in [-0.05, 0) is 37.1 Å². The van der Waals surface area contributed by atoms with E-state index in [0.717, 1.165) is 16.9 Å². The molecule has 0 unspecified atom stereocenters. The van der Waals surface area contributed by atoms with Crippen LogP contribution < -0.4 is 10.1 Å². The van der Waals surface area contributed by atoms with Crippen LogP contribution in [0, 0.1) is 18.3 Å². The number of carbonyl (C=O) groups excluding carboxylic acids is 1. The first kappa shape index (κ1) is 15.1. The third-order valence-corrected chi connectivity index (χ3v) is 4.30. The number of methoxy groups -OCH3 is 1. The van der Waals surface area contributed by atoms with Crippen molar-refractivity contribution < 1.29 is 9.53 Å². The molecule has 1 aromatic carbocycles. The number of nitriles is 1. The molecule has 108 valence electrons. The molecule has 2 rings (SSSR count). The van der Waals surface area contributed by atoms with Crippen molar-refractivity contribution in [3.8, 4) is 11.8 Å². The van der Waals surface area contributed by atoms with E-state index in [1.54, 1.807) is 31.4 Å². The van der Waals surface area contributed by atoms with Crippen molar-refractivity contribution in [1.82, 2.24) is 0 Å². The molecule has 0 aliphatic heterocycles. The zero-order valence-electron chi connectivity index (χ0n) is 12.2. The first-order chi connectivity index (χ1) is 10.1. The summed E-state index contributed by atoms with van der Waals surface area (Å²) in [6.45, 7) is 3.97. The van der Waals surface area contributed by atoms with Gasteiger partial charge in [0.15, 0.2) is 0 Å². The minimum atomic E-state index is -0.241. The highest BCUT2D eigenvalue weighted by Crippen LogP contribution is 2.33. The maximum absolute atomic E-state index is 12.3. The van der Waals surface area contributed by atoms with E-state index >= 15 is 0 Å². The minimum absolute atomic E-state index is 0.241. The Morgan fingerprint density at radius 2 is 2.24 bits per heavy atom. The highest BCUT2D eigenvalue weighted by molar-refractivity contribution is 7.16. The van der Waals surface area contributed by atoms with Gasteiger partial charge in [-0.2, -0.15) is 5.26 Å². The van der Waals surface area contributed by atoms with Gasteiger partial charge in [-0.1, -0.05) is 13.0 Å². The van der Waals surface area contributed by atoms with Crippen molar-refractivity contribution in [2.75, 3.05) is 12.4 Å². The molecule has 0 aliphatic carbocycles. The van der Waals surface area contributed by atoms with Gasteiger partial charge in [0.25, 0.3) is 5.91 Å². The van der Waals surface area contributed by atoms with Crippen LogP contribution in [0.5, 0.6) is 5.75 Å². The summed E-state index contributed by atoms with van der Waals surface area (Å²) in [5.74, 6) is 0.383. The van der Waals surface area contributed by atoms with Crippen LogP contribution in [-0.2, 0) is 6.42 Å². The molecule has 21 heavy (non-hydrogen) atoms. The Morgan fingerprint density at radius 3 is 2.86 bits per heavy atom. The summed E-state index contributed by atoms with van der Waals surface area (Å²) in [6.07, 6.45) is 0.778. The van der Waals surface area contributed by atoms with Crippen molar-refractivity contribution in [3.63, 3.8) is 0 Å². The molecule has 0 radical (unpaired) electrons. The van der Waals surface area contributed by atoms with Crippen LogP contribution in [0.4, 0.5) is 5.00 Å². The number of hydrogen-bond donors (Lipinski definition) is 1. The fourth-order valence-corrected chi connectivity index (χ4v) is 3.24. The molecule has 1 N–H and O–H groups in total. The van der Waals surface area contributed by atoms with Crippen molar-refractivity contribution in [2.24, 2.45) is 0 Å². The highest BCUT2D eigenvalue weighted by Gasteiger charge is 2.17. The minimum Gasteiger partial charge on any atom is -0.497 e. The highest BCUT2D eigenvalue weighted by atomic mass is 32.1. The summed E-state index contributed by atoms with van der Waals surface area (Å²) in [5.41, 5.74) is 2.07. The number of nitrogens with zero attached hydrogens (tertiary/aromatic N) is 1. The fourth-order valence-electron chi connectivity index (χ4n) is 2.15. The van der Waals surface area contributed by atoms with Crippen LogP contribution in [-0.4, -0.2) is 13.0 Å². The van der Waals surface area contributed by atoms with Crippen molar-refractivity contribution >= 4 is 22.2 Å². The summed E-state index contributed by atoms with van der Waals surface area (Å²) in [7, 11) is 1.56. The van der Waals surface area contributed by atoms with Crippen LogP contribution in [0.25, 0.3) is 0 Å². The van der Waals surface area contributed by atoms with Crippen LogP contribution >= 0.6 is 11.3 Å². The molecule has 0 fully saturated rings. The van der Waals surface area contributed by atoms with Crippen LogP contribution in [0.1, 0.15) is 33.3 Å². The third kappa shape index (κ3) is 3.06. The molecule has 0 saturated carbocycles. The summed E-state index contributed by atoms with van der Waals surface area (Å²) < 4.78 is 5.11. The predicted octanol–water partition coefficient (Wildman–Crippen LogP) is 3.75. The number of nitrogens with one attached hydrogen (secondary N) is 1. The van der Waals surface area contributed by atoms with Gasteiger partial charge in [0.2, 0.25) is 0 Å². The molecule has 1 aromatic heterocycles. The van der Waals surface area contributed by atoms with Crippen molar-refractivity contribution in [2.45, 2.75) is 20.3 Å². The molecule has 2 aromatic rings. The van der Waals surface area contributed by atoms with Crippen molar-refractivity contribution in [3.05, 3.63) is 45.8 Å². The topological polar surface area (TPSA) is 62.1 Å². The molecule has 0 saturated heterocycles. The van der Waals surface area contributed by atoms with Gasteiger partial charge in [-0.25, -0.2) is 0 Å². The summed E-state index contributed by atoms with van der Waals surface area (Å²) >= 11 is 1.44. The molecule has 5 heteroatoms. The molecular formula is C16H16N2O2S. The van der Waals surface area contributed by atoms with Gasteiger partial charge in [-0.3, -0.25) is 4.79 Å². The van der Waals surface area contributed by atoms with E-state index in [2.05, 4.69) is 11.4 Å². The number of rotatable bonds is 4. The van der Waals surface area contributed by atoms with E-state index in [-0.39, 0.29) is 5.91 Å². The normalized spacial score (nSPS) is 10.0. The number of amides is 1. The molecule has 1 amide bonds. The first-order valence-electron chi connectivity index (χ1n) is 6.58. The zero-order chi connectivity index (χ0) is 15.4. The lowest BCUT2D eigenvalue weighted by Gasteiger charge is -2.05. The average molecular weight is 300 g/mol. The van der Waals surface area contributed by atoms with Gasteiger partial charge in [0.05, 0.1) is 12.7 Å². The second-order valence-electron chi connectivity index (χ2n) is 4.49. The van der Waals surface area contributed by atoms with E-state index in [9.17, 15) is 10.1 Å². The number of anilines is 1. The van der Waals surface area contributed by atoms with E-state index in [1.165, 1.54) is 11.3 Å². The lowest BCUT2D eigenvalue weighted by atomic mass is 10.1. The quantitative estimate of drug-likeness (QED) is 0.935. The number of benzene rings is 1. The monoisotopic (exact) mass is 300 g/mol. The Kier molecular flexibility index (Phi) is 4.61. The molecule has 0 bridgehead atoms. The average Bonchev–Trinajstić information content (AvgIpc) is 2.81. The molecular weight excluding hydrogens is 284 g/mol. The zero-order valence-corrected chi connectivity index (χ0v) is 13.0. The Bertz CT molecular complexity index is 714. The number of thiophene rings is 1. The van der Waals surface area contributed by atoms with Crippen LogP contribution in [0.15, 0.2) is 24.3 Å². The Morgan fingerprint density at radius 1 is 1.48 bits per heavy atom. The second kappa shape index (κ2) is 6.42. The van der Waals surface area contributed by atoms with E-state index in [4.69, 9.17) is 4.74 Å². The molecule has 4 nitrogen and oxygen atoms in total. The smallest absolute Gasteiger partial charge is 0.256 e. The largest absolute Gasteiger partial charge is 0.497 e. The lowest BCUT2D eigenvalue weighted by Crippen LogP contribution is -2.11. The van der Waals surface area contributed by atoms with Gasteiger partial charge >= 0.3 is 0 Å². The molecule has 0 spiro atoms. The number of hydrogen-bond acceptors (Lipinski definition) is 4. The van der Waals surface area contributed by atoms with E-state index < -0.39 is 0 Å². The summed E-state index contributed by atoms with van der Waals surface area (Å²) in [5, 5.41) is 12.7. The maximum Gasteiger partial charge on any atom is 0.256 e. The van der Waals surface area contributed by atoms with Gasteiger partial charge in [0.1, 0.15) is 16.8 Å². The molecule has 1 heterocycles. The summed E-state index contributed by atoms with van der Waals surface area (Å²) in [6, 6.07) is 9.11. The number of carbonyl (C=O) groups is 1. The number of ether oxygens (including phenoxy) is 1. The van der Waals surface area contributed by atoms with Crippen molar-refractivity contribution in [1.29, 1.82) is 5.26 Å². The molecule has 0 aliphatic rings. The standard InChI is InChI=1S/C16H16N2O2S/c1-4-13-10(2)21-16(14(13)9-17)18-15(19)11-6-5-7-12(8-11)20-3/h5-8H,4H2,1-3H3,(H,18,19). The van der Waals surface area contributed by atoms with E-state index in [0.29, 0.717) is 21.9 Å². The van der Waals surface area contributed by atoms with Gasteiger partial charge in [0, 0.05) is 10.4 Å². The molecule has 0 atom stereocenters. The third-order valence-electron chi connectivity index (χ3n) is 3.23. The maximum atomic E-state index is 12.3. The van der Waals surface area contributed by atoms with Crippen LogP contribution in [0.3, 0.4) is 0 Å². The fraction of sp³-hybridized carbons (Fsp3) is 0.250. The van der Waals surface area contributed by atoms with Gasteiger partial charge in [-0.15, -0.1) is 11.3 Å². The van der Waals surface area contributed by atoms with E-state index in [1.807, 2.05) is 13.8 Å². The second-order valence-corrected chi connectivity index (χ2v) is 5.72.